The summed E-state index contributed by atoms with van der Waals surface area (Å²) < 4.78 is 7.47. The lowest BCUT2D eigenvalue weighted by Crippen LogP contribution is -2.01. The smallest absolute Gasteiger partial charge is 0.123 e. The number of nitrogens with zero attached hydrogens (tertiary/aromatic N) is 2. The Bertz CT molecular complexity index is 234. The molecule has 0 fully saturated rings. The van der Waals surface area contributed by atoms with Crippen molar-refractivity contribution < 1.29 is 4.74 Å². The van der Waals surface area contributed by atoms with Crippen LogP contribution in [-0.2, 0) is 11.5 Å². The summed E-state index contributed by atoms with van der Waals surface area (Å²) in [6.07, 6.45) is 14.8. The van der Waals surface area contributed by atoms with Gasteiger partial charge < -0.3 is 9.30 Å². The third kappa shape index (κ3) is 6.62. The summed E-state index contributed by atoms with van der Waals surface area (Å²) in [4.78, 5) is 3.96. The number of rotatable bonds is 10. The maximum absolute atomic E-state index is 5.53. The van der Waals surface area contributed by atoms with Gasteiger partial charge >= 0.3 is 0 Å². The summed E-state index contributed by atoms with van der Waals surface area (Å²) in [7, 11) is 0. The zero-order valence-electron chi connectivity index (χ0n) is 10.4. The highest BCUT2D eigenvalue weighted by Gasteiger charge is 1.92. The highest BCUT2D eigenvalue weighted by atomic mass is 16.5. The van der Waals surface area contributed by atoms with Gasteiger partial charge in [0.1, 0.15) is 6.73 Å². The summed E-state index contributed by atoms with van der Waals surface area (Å²) in [6, 6.07) is 0. The number of unbranched alkanes of at least 4 members (excludes halogenated alkanes) is 6. The van der Waals surface area contributed by atoms with Crippen LogP contribution in [0.4, 0.5) is 0 Å². The van der Waals surface area contributed by atoms with E-state index in [1.807, 2.05) is 10.8 Å². The first-order valence-electron chi connectivity index (χ1n) is 6.47. The van der Waals surface area contributed by atoms with E-state index in [0.717, 1.165) is 6.61 Å². The van der Waals surface area contributed by atoms with Crippen LogP contribution < -0.4 is 0 Å². The summed E-state index contributed by atoms with van der Waals surface area (Å²) in [6.45, 7) is 3.76. The van der Waals surface area contributed by atoms with Gasteiger partial charge in [0.25, 0.3) is 0 Å². The standard InChI is InChI=1S/C13H24N2O/c1-2-3-4-5-6-7-8-11-16-13-15-10-9-14-12-15/h9-10,12H,2-8,11,13H2,1H3. The molecule has 1 aromatic heterocycles. The Kier molecular flexibility index (Phi) is 7.78. The van der Waals surface area contributed by atoms with Gasteiger partial charge in [-0.1, -0.05) is 45.4 Å². The molecule has 0 saturated heterocycles. The van der Waals surface area contributed by atoms with Crippen LogP contribution in [-0.4, -0.2) is 16.2 Å². The maximum Gasteiger partial charge on any atom is 0.123 e. The summed E-state index contributed by atoms with van der Waals surface area (Å²) >= 11 is 0. The summed E-state index contributed by atoms with van der Waals surface area (Å²) in [5.41, 5.74) is 0. The third-order valence-electron chi connectivity index (χ3n) is 2.69. The van der Waals surface area contributed by atoms with Gasteiger partial charge in [-0.25, -0.2) is 4.98 Å². The Hall–Kier alpha value is -0.830. The molecule has 0 atom stereocenters. The molecular weight excluding hydrogens is 200 g/mol. The predicted molar refractivity (Wildman–Crippen MR) is 66.2 cm³/mol. The molecule has 1 rings (SSSR count). The van der Waals surface area contributed by atoms with Gasteiger partial charge in [-0.2, -0.15) is 0 Å². The molecule has 0 aliphatic rings. The number of aromatic nitrogens is 2. The highest BCUT2D eigenvalue weighted by Crippen LogP contribution is 2.06. The van der Waals surface area contributed by atoms with E-state index in [9.17, 15) is 0 Å². The van der Waals surface area contributed by atoms with E-state index in [-0.39, 0.29) is 0 Å². The van der Waals surface area contributed by atoms with Crippen LogP contribution in [0.5, 0.6) is 0 Å². The van der Waals surface area contributed by atoms with Gasteiger partial charge in [0.2, 0.25) is 0 Å². The molecule has 0 bridgehead atoms. The fourth-order valence-electron chi connectivity index (χ4n) is 1.69. The van der Waals surface area contributed by atoms with Crippen molar-refractivity contribution in [3.63, 3.8) is 0 Å². The molecule has 0 spiro atoms. The largest absolute Gasteiger partial charge is 0.361 e. The molecule has 3 nitrogen and oxygen atoms in total. The molecule has 0 aromatic carbocycles. The van der Waals surface area contributed by atoms with Crippen molar-refractivity contribution in [2.45, 2.75) is 58.6 Å². The van der Waals surface area contributed by atoms with E-state index in [1.165, 1.54) is 44.9 Å². The van der Waals surface area contributed by atoms with Gasteiger partial charge in [-0.15, -0.1) is 0 Å². The average Bonchev–Trinajstić information content (AvgIpc) is 2.80. The molecule has 92 valence electrons. The van der Waals surface area contributed by atoms with Crippen LogP contribution in [0.15, 0.2) is 18.7 Å². The number of ether oxygens (including phenoxy) is 1. The van der Waals surface area contributed by atoms with Crippen molar-refractivity contribution in [1.82, 2.24) is 9.55 Å². The molecule has 1 aromatic rings. The van der Waals surface area contributed by atoms with Gasteiger partial charge in [-0.3, -0.25) is 0 Å². The molecule has 0 unspecified atom stereocenters. The molecule has 0 aliphatic heterocycles. The SMILES string of the molecule is CCCCCCCCCOCn1ccnc1. The van der Waals surface area contributed by atoms with Crippen molar-refractivity contribution in [1.29, 1.82) is 0 Å². The van der Waals surface area contributed by atoms with E-state index in [2.05, 4.69) is 11.9 Å². The van der Waals surface area contributed by atoms with Crippen molar-refractivity contribution in [2.75, 3.05) is 6.61 Å². The molecule has 0 aliphatic carbocycles. The quantitative estimate of drug-likeness (QED) is 0.568. The van der Waals surface area contributed by atoms with E-state index < -0.39 is 0 Å². The first-order chi connectivity index (χ1) is 7.93. The summed E-state index contributed by atoms with van der Waals surface area (Å²) in [5, 5.41) is 0. The van der Waals surface area contributed by atoms with Crippen molar-refractivity contribution in [3.05, 3.63) is 18.7 Å². The Morgan fingerprint density at radius 1 is 1.06 bits per heavy atom. The van der Waals surface area contributed by atoms with Gasteiger partial charge in [0.05, 0.1) is 6.33 Å². The Morgan fingerprint density at radius 2 is 1.81 bits per heavy atom. The Morgan fingerprint density at radius 3 is 2.50 bits per heavy atom. The molecule has 0 radical (unpaired) electrons. The Balaban J connectivity index is 1.78. The zero-order valence-corrected chi connectivity index (χ0v) is 10.4. The first-order valence-corrected chi connectivity index (χ1v) is 6.47. The van der Waals surface area contributed by atoms with Gasteiger partial charge in [0, 0.05) is 19.0 Å². The minimum atomic E-state index is 0.635. The minimum absolute atomic E-state index is 0.635. The number of hydrogen-bond acceptors (Lipinski definition) is 2. The van der Waals surface area contributed by atoms with Crippen molar-refractivity contribution in [3.8, 4) is 0 Å². The van der Waals surface area contributed by atoms with Gasteiger partial charge in [-0.05, 0) is 6.42 Å². The van der Waals surface area contributed by atoms with Crippen molar-refractivity contribution >= 4 is 0 Å². The molecule has 16 heavy (non-hydrogen) atoms. The topological polar surface area (TPSA) is 27.1 Å². The van der Waals surface area contributed by atoms with Crippen LogP contribution >= 0.6 is 0 Å². The van der Waals surface area contributed by atoms with Crippen LogP contribution in [0.3, 0.4) is 0 Å². The lowest BCUT2D eigenvalue weighted by Gasteiger charge is -2.04. The maximum atomic E-state index is 5.53. The molecule has 0 N–H and O–H groups in total. The lowest BCUT2D eigenvalue weighted by atomic mass is 10.1. The highest BCUT2D eigenvalue weighted by molar-refractivity contribution is 4.71. The van der Waals surface area contributed by atoms with E-state index in [0.29, 0.717) is 6.73 Å². The predicted octanol–water partition coefficient (Wildman–Crippen LogP) is 3.61. The third-order valence-corrected chi connectivity index (χ3v) is 2.69. The Labute approximate surface area is 98.8 Å². The van der Waals surface area contributed by atoms with Crippen LogP contribution in [0.25, 0.3) is 0 Å². The number of imidazole rings is 1. The normalized spacial score (nSPS) is 10.8. The average molecular weight is 224 g/mol. The lowest BCUT2D eigenvalue weighted by molar-refractivity contribution is 0.0738. The second kappa shape index (κ2) is 9.40. The van der Waals surface area contributed by atoms with E-state index in [4.69, 9.17) is 4.74 Å². The van der Waals surface area contributed by atoms with Crippen LogP contribution in [0, 0.1) is 0 Å². The molecule has 0 amide bonds. The van der Waals surface area contributed by atoms with Crippen LogP contribution in [0.2, 0.25) is 0 Å². The zero-order chi connectivity index (χ0) is 11.5. The minimum Gasteiger partial charge on any atom is -0.361 e. The number of hydrogen-bond donors (Lipinski definition) is 0. The van der Waals surface area contributed by atoms with Gasteiger partial charge in [0.15, 0.2) is 0 Å². The van der Waals surface area contributed by atoms with E-state index >= 15 is 0 Å². The monoisotopic (exact) mass is 224 g/mol. The summed E-state index contributed by atoms with van der Waals surface area (Å²) in [5.74, 6) is 0. The fraction of sp³-hybridized carbons (Fsp3) is 0.769. The molecule has 1 heterocycles. The second-order valence-electron chi connectivity index (χ2n) is 4.24. The fourth-order valence-corrected chi connectivity index (χ4v) is 1.69. The van der Waals surface area contributed by atoms with Crippen molar-refractivity contribution in [2.24, 2.45) is 0 Å². The van der Waals surface area contributed by atoms with Crippen LogP contribution in [0.1, 0.15) is 51.9 Å². The molecule has 0 saturated carbocycles. The molecular formula is C13H24N2O. The van der Waals surface area contributed by atoms with E-state index in [1.54, 1.807) is 12.5 Å². The second-order valence-corrected chi connectivity index (χ2v) is 4.24. The first kappa shape index (κ1) is 13.2. The molecule has 3 heteroatoms.